The molecule has 0 unspecified atom stereocenters. The van der Waals surface area contributed by atoms with Crippen molar-refractivity contribution in [2.45, 2.75) is 6.92 Å². The number of nitrogens with zero attached hydrogens (tertiary/aromatic N) is 5. The predicted molar refractivity (Wildman–Crippen MR) is 118 cm³/mol. The van der Waals surface area contributed by atoms with Crippen LogP contribution in [0, 0.1) is 18.6 Å². The number of pyridine rings is 1. The fraction of sp³-hybridized carbons (Fsp3) is 0.125. The van der Waals surface area contributed by atoms with Crippen LogP contribution >= 0.6 is 0 Å². The normalized spacial score (nSPS) is 11.3. The van der Waals surface area contributed by atoms with Gasteiger partial charge in [0, 0.05) is 24.9 Å². The van der Waals surface area contributed by atoms with Gasteiger partial charge in [0.05, 0.1) is 41.4 Å². The van der Waals surface area contributed by atoms with Crippen molar-refractivity contribution in [1.82, 2.24) is 24.1 Å². The number of ether oxygens (including phenoxy) is 1. The third kappa shape index (κ3) is 3.20. The average molecular weight is 431 g/mol. The van der Waals surface area contributed by atoms with Crippen LogP contribution in [0.2, 0.25) is 0 Å². The zero-order valence-corrected chi connectivity index (χ0v) is 17.7. The number of aromatic nitrogens is 5. The van der Waals surface area contributed by atoms with E-state index in [2.05, 4.69) is 4.98 Å². The number of halogens is 2. The molecule has 0 aliphatic heterocycles. The molecule has 0 aliphatic carbocycles. The summed E-state index contributed by atoms with van der Waals surface area (Å²) in [5.74, 6) is -0.444. The minimum Gasteiger partial charge on any atom is -0.479 e. The van der Waals surface area contributed by atoms with Crippen LogP contribution < -0.4 is 4.74 Å². The molecule has 5 rings (SSSR count). The summed E-state index contributed by atoms with van der Waals surface area (Å²) in [6.07, 6.45) is 3.60. The van der Waals surface area contributed by atoms with Crippen LogP contribution in [-0.2, 0) is 7.05 Å². The van der Waals surface area contributed by atoms with Crippen LogP contribution in [-0.4, -0.2) is 31.2 Å². The molecular weight excluding hydrogens is 412 g/mol. The van der Waals surface area contributed by atoms with Crippen molar-refractivity contribution in [2.75, 3.05) is 7.11 Å². The van der Waals surface area contributed by atoms with Gasteiger partial charge in [0.25, 0.3) is 0 Å². The Morgan fingerprint density at radius 1 is 0.969 bits per heavy atom. The molecule has 2 aromatic carbocycles. The topological polar surface area (TPSA) is 57.8 Å². The molecule has 0 amide bonds. The van der Waals surface area contributed by atoms with Gasteiger partial charge in [-0.05, 0) is 37.3 Å². The van der Waals surface area contributed by atoms with Crippen molar-refractivity contribution in [1.29, 1.82) is 0 Å². The maximum absolute atomic E-state index is 14.4. The second kappa shape index (κ2) is 7.56. The van der Waals surface area contributed by atoms with Crippen molar-refractivity contribution in [3.63, 3.8) is 0 Å². The number of imidazole rings is 2. The number of hydrogen-bond donors (Lipinski definition) is 0. The van der Waals surface area contributed by atoms with Crippen LogP contribution in [0.4, 0.5) is 8.78 Å². The first-order valence-electron chi connectivity index (χ1n) is 9.93. The summed E-state index contributed by atoms with van der Waals surface area (Å²) in [5.41, 5.74) is 4.78. The molecule has 6 nitrogen and oxygen atoms in total. The molecule has 0 saturated heterocycles. The zero-order chi connectivity index (χ0) is 22.4. The third-order valence-corrected chi connectivity index (χ3v) is 5.38. The summed E-state index contributed by atoms with van der Waals surface area (Å²) in [4.78, 5) is 13.6. The fourth-order valence-electron chi connectivity index (χ4n) is 3.82. The Hall–Kier alpha value is -4.07. The quantitative estimate of drug-likeness (QED) is 0.398. The second-order valence-electron chi connectivity index (χ2n) is 7.44. The van der Waals surface area contributed by atoms with E-state index in [1.54, 1.807) is 25.1 Å². The minimum atomic E-state index is -0.662. The monoisotopic (exact) mass is 431 g/mol. The number of fused-ring (bicyclic) bond motifs is 1. The highest BCUT2D eigenvalue weighted by Crippen LogP contribution is 2.33. The van der Waals surface area contributed by atoms with E-state index in [1.807, 2.05) is 48.0 Å². The predicted octanol–water partition coefficient (Wildman–Crippen LogP) is 5.08. The highest BCUT2D eigenvalue weighted by Gasteiger charge is 2.18. The summed E-state index contributed by atoms with van der Waals surface area (Å²) in [5, 5.41) is 0. The van der Waals surface area contributed by atoms with E-state index in [0.717, 1.165) is 28.5 Å². The lowest BCUT2D eigenvalue weighted by atomic mass is 10.1. The first kappa shape index (κ1) is 19.9. The van der Waals surface area contributed by atoms with Gasteiger partial charge in [0.2, 0.25) is 5.88 Å². The Bertz CT molecular complexity index is 1470. The smallest absolute Gasteiger partial charge is 0.238 e. The molecule has 0 bridgehead atoms. The van der Waals surface area contributed by atoms with E-state index in [1.165, 1.54) is 12.1 Å². The van der Waals surface area contributed by atoms with E-state index >= 15 is 0 Å². The molecular formula is C24H19F2N5O. The molecule has 3 heterocycles. The number of aryl methyl sites for hydroxylation is 2. The Kier molecular flexibility index (Phi) is 4.70. The Morgan fingerprint density at radius 2 is 1.81 bits per heavy atom. The maximum Gasteiger partial charge on any atom is 0.238 e. The first-order valence-corrected chi connectivity index (χ1v) is 9.93. The van der Waals surface area contributed by atoms with E-state index in [0.29, 0.717) is 22.9 Å². The second-order valence-corrected chi connectivity index (χ2v) is 7.44. The van der Waals surface area contributed by atoms with Gasteiger partial charge in [-0.2, -0.15) is 0 Å². The molecule has 32 heavy (non-hydrogen) atoms. The third-order valence-electron chi connectivity index (χ3n) is 5.38. The highest BCUT2D eigenvalue weighted by atomic mass is 19.1. The van der Waals surface area contributed by atoms with Gasteiger partial charge in [0.15, 0.2) is 0 Å². The summed E-state index contributed by atoms with van der Waals surface area (Å²) in [7, 11) is 3.37. The largest absolute Gasteiger partial charge is 0.479 e. The van der Waals surface area contributed by atoms with Gasteiger partial charge in [-0.3, -0.25) is 0 Å². The summed E-state index contributed by atoms with van der Waals surface area (Å²) < 4.78 is 37.0. The van der Waals surface area contributed by atoms with Crippen LogP contribution in [0.3, 0.4) is 0 Å². The summed E-state index contributed by atoms with van der Waals surface area (Å²) in [6, 6.07) is 13.0. The van der Waals surface area contributed by atoms with Crippen molar-refractivity contribution in [3.8, 4) is 34.2 Å². The van der Waals surface area contributed by atoms with Gasteiger partial charge in [0.1, 0.15) is 23.1 Å². The van der Waals surface area contributed by atoms with Crippen LogP contribution in [0.15, 0.2) is 61.1 Å². The Morgan fingerprint density at radius 3 is 2.53 bits per heavy atom. The molecule has 0 fully saturated rings. The molecule has 0 atom stereocenters. The molecule has 0 spiro atoms. The maximum atomic E-state index is 14.4. The molecule has 3 aromatic heterocycles. The van der Waals surface area contributed by atoms with Gasteiger partial charge in [-0.1, -0.05) is 12.1 Å². The van der Waals surface area contributed by atoms with Gasteiger partial charge in [-0.15, -0.1) is 0 Å². The van der Waals surface area contributed by atoms with Gasteiger partial charge in [-0.25, -0.2) is 23.7 Å². The number of rotatable bonds is 4. The fourth-order valence-corrected chi connectivity index (χ4v) is 3.82. The van der Waals surface area contributed by atoms with Crippen molar-refractivity contribution < 1.29 is 13.5 Å². The molecule has 5 aromatic rings. The summed E-state index contributed by atoms with van der Waals surface area (Å²) in [6.45, 7) is 1.91. The zero-order valence-electron chi connectivity index (χ0n) is 17.7. The van der Waals surface area contributed by atoms with Crippen molar-refractivity contribution in [3.05, 3.63) is 78.4 Å². The Labute approximate surface area is 182 Å². The Balaban J connectivity index is 1.67. The minimum absolute atomic E-state index is 0.229. The molecule has 8 heteroatoms. The molecule has 160 valence electrons. The SMILES string of the molecule is COc1nc(-c2cccc3c2nc(-c2ccc(F)cc2F)n3C)ccc1-n1cnc(C)c1. The van der Waals surface area contributed by atoms with Crippen LogP contribution in [0.5, 0.6) is 5.88 Å². The van der Waals surface area contributed by atoms with E-state index in [-0.39, 0.29) is 5.56 Å². The van der Waals surface area contributed by atoms with Crippen molar-refractivity contribution >= 4 is 11.0 Å². The standard InChI is InChI=1S/C24H19F2N5O/c1-14-12-31(13-27-14)21-10-9-19(28-24(21)32-3)17-5-4-6-20-22(17)29-23(30(20)2)16-8-7-15(25)11-18(16)26/h4-13H,1-3H3. The number of benzene rings is 2. The van der Waals surface area contributed by atoms with E-state index < -0.39 is 11.6 Å². The van der Waals surface area contributed by atoms with Crippen LogP contribution in [0.1, 0.15) is 5.69 Å². The molecule has 0 aliphatic rings. The highest BCUT2D eigenvalue weighted by molar-refractivity contribution is 5.93. The average Bonchev–Trinajstić information content (AvgIpc) is 3.36. The molecule has 0 N–H and O–H groups in total. The van der Waals surface area contributed by atoms with Gasteiger partial charge >= 0.3 is 0 Å². The lowest BCUT2D eigenvalue weighted by Crippen LogP contribution is -1.99. The lowest BCUT2D eigenvalue weighted by molar-refractivity contribution is 0.396. The molecule has 0 radical (unpaired) electrons. The first-order chi connectivity index (χ1) is 15.5. The van der Waals surface area contributed by atoms with E-state index in [4.69, 9.17) is 14.7 Å². The van der Waals surface area contributed by atoms with E-state index in [9.17, 15) is 8.78 Å². The molecule has 0 saturated carbocycles. The van der Waals surface area contributed by atoms with Crippen LogP contribution in [0.25, 0.3) is 39.4 Å². The van der Waals surface area contributed by atoms with Gasteiger partial charge < -0.3 is 13.9 Å². The number of para-hydroxylation sites is 1. The number of hydrogen-bond acceptors (Lipinski definition) is 4. The number of methoxy groups -OCH3 is 1. The van der Waals surface area contributed by atoms with Crippen molar-refractivity contribution in [2.24, 2.45) is 7.05 Å². The summed E-state index contributed by atoms with van der Waals surface area (Å²) >= 11 is 0. The lowest BCUT2D eigenvalue weighted by Gasteiger charge is -2.10.